The Balaban J connectivity index is 1.85. The second-order valence-electron chi connectivity index (χ2n) is 6.18. The van der Waals surface area contributed by atoms with Crippen molar-refractivity contribution in [2.75, 3.05) is 5.32 Å². The number of pyridine rings is 2. The predicted octanol–water partition coefficient (Wildman–Crippen LogP) is 4.01. The molecule has 0 spiro atoms. The number of carbonyl (C=O) groups is 1. The van der Waals surface area contributed by atoms with Crippen LogP contribution >= 0.6 is 0 Å². The fraction of sp³-hybridized carbons (Fsp3) is 0.0455. The monoisotopic (exact) mass is 354 g/mol. The Hall–Kier alpha value is -3.73. The smallest absolute Gasteiger partial charge is 0.250 e. The first-order valence-corrected chi connectivity index (χ1v) is 8.64. The zero-order valence-electron chi connectivity index (χ0n) is 14.6. The zero-order valence-corrected chi connectivity index (χ0v) is 14.6. The zero-order chi connectivity index (χ0) is 18.6. The van der Waals surface area contributed by atoms with E-state index in [4.69, 9.17) is 5.73 Å². The van der Waals surface area contributed by atoms with E-state index in [1.165, 1.54) is 0 Å². The summed E-state index contributed by atoms with van der Waals surface area (Å²) in [7, 11) is 0. The van der Waals surface area contributed by atoms with Crippen LogP contribution in [0.15, 0.2) is 79.3 Å². The van der Waals surface area contributed by atoms with Crippen molar-refractivity contribution in [3.63, 3.8) is 0 Å². The van der Waals surface area contributed by atoms with Crippen LogP contribution in [0.25, 0.3) is 22.0 Å². The lowest BCUT2D eigenvalue weighted by atomic mass is 9.99. The molecule has 0 aliphatic carbocycles. The lowest BCUT2D eigenvalue weighted by Gasteiger charge is -2.16. The molecule has 0 unspecified atom stereocenters. The standard InChI is InChI=1S/C22H18N4O/c23-22(27)19-7-3-6-18(21(19)26-14-15-8-11-24-12-9-15)20-17-5-2-1-4-16(17)10-13-25-20/h1-13,26H,14H2,(H2,23,27). The highest BCUT2D eigenvalue weighted by Crippen LogP contribution is 2.34. The number of hydrogen-bond acceptors (Lipinski definition) is 4. The van der Waals surface area contributed by atoms with E-state index in [2.05, 4.69) is 15.3 Å². The van der Waals surface area contributed by atoms with Gasteiger partial charge in [-0.05, 0) is 35.2 Å². The van der Waals surface area contributed by atoms with Crippen molar-refractivity contribution in [2.24, 2.45) is 5.73 Å². The second-order valence-corrected chi connectivity index (χ2v) is 6.18. The van der Waals surface area contributed by atoms with Gasteiger partial charge < -0.3 is 11.1 Å². The van der Waals surface area contributed by atoms with Gasteiger partial charge in [-0.15, -0.1) is 0 Å². The molecule has 0 saturated heterocycles. The number of rotatable bonds is 5. The molecule has 0 saturated carbocycles. The number of aromatic nitrogens is 2. The van der Waals surface area contributed by atoms with Gasteiger partial charge in [-0.1, -0.05) is 36.4 Å². The Labute approximate surface area is 156 Å². The minimum atomic E-state index is -0.477. The van der Waals surface area contributed by atoms with E-state index in [0.717, 1.165) is 27.6 Å². The molecule has 2 heterocycles. The van der Waals surface area contributed by atoms with Crippen LogP contribution in [0.5, 0.6) is 0 Å². The summed E-state index contributed by atoms with van der Waals surface area (Å²) < 4.78 is 0. The van der Waals surface area contributed by atoms with Gasteiger partial charge in [-0.2, -0.15) is 0 Å². The van der Waals surface area contributed by atoms with Gasteiger partial charge in [0.25, 0.3) is 5.91 Å². The quantitative estimate of drug-likeness (QED) is 0.567. The summed E-state index contributed by atoms with van der Waals surface area (Å²) in [6, 6.07) is 19.4. The third-order valence-corrected chi connectivity index (χ3v) is 4.48. The van der Waals surface area contributed by atoms with E-state index in [9.17, 15) is 4.79 Å². The molecule has 0 aliphatic heterocycles. The highest BCUT2D eigenvalue weighted by molar-refractivity contribution is 6.05. The average Bonchev–Trinajstić information content (AvgIpc) is 2.72. The molecule has 5 nitrogen and oxygen atoms in total. The number of amides is 1. The van der Waals surface area contributed by atoms with Gasteiger partial charge in [0.1, 0.15) is 0 Å². The van der Waals surface area contributed by atoms with Gasteiger partial charge in [0.15, 0.2) is 0 Å². The Morgan fingerprint density at radius 2 is 1.74 bits per heavy atom. The van der Waals surface area contributed by atoms with Crippen LogP contribution in [0.1, 0.15) is 15.9 Å². The minimum absolute atomic E-state index is 0.441. The van der Waals surface area contributed by atoms with Gasteiger partial charge in [0, 0.05) is 36.1 Å². The fourth-order valence-corrected chi connectivity index (χ4v) is 3.17. The summed E-state index contributed by atoms with van der Waals surface area (Å²) in [4.78, 5) is 20.7. The number of anilines is 1. The molecule has 3 N–H and O–H groups in total. The van der Waals surface area contributed by atoms with Crippen molar-refractivity contribution >= 4 is 22.4 Å². The summed E-state index contributed by atoms with van der Waals surface area (Å²) in [5.74, 6) is -0.477. The van der Waals surface area contributed by atoms with E-state index >= 15 is 0 Å². The maximum absolute atomic E-state index is 12.0. The first kappa shape index (κ1) is 16.7. The van der Waals surface area contributed by atoms with E-state index in [0.29, 0.717) is 17.8 Å². The van der Waals surface area contributed by atoms with Crippen LogP contribution in [-0.2, 0) is 6.54 Å². The lowest BCUT2D eigenvalue weighted by molar-refractivity contribution is 0.100. The number of hydrogen-bond donors (Lipinski definition) is 2. The van der Waals surface area contributed by atoms with Crippen LogP contribution in [0.2, 0.25) is 0 Å². The normalized spacial score (nSPS) is 10.7. The predicted molar refractivity (Wildman–Crippen MR) is 107 cm³/mol. The number of primary amides is 1. The molecule has 27 heavy (non-hydrogen) atoms. The molecule has 0 radical (unpaired) electrons. The van der Waals surface area contributed by atoms with Crippen LogP contribution in [-0.4, -0.2) is 15.9 Å². The average molecular weight is 354 g/mol. The maximum atomic E-state index is 12.0. The van der Waals surface area contributed by atoms with Crippen molar-refractivity contribution in [3.8, 4) is 11.3 Å². The van der Waals surface area contributed by atoms with Gasteiger partial charge in [-0.3, -0.25) is 14.8 Å². The SMILES string of the molecule is NC(=O)c1cccc(-c2nccc3ccccc23)c1NCc1ccncc1. The van der Waals surface area contributed by atoms with Gasteiger partial charge >= 0.3 is 0 Å². The molecule has 132 valence electrons. The van der Waals surface area contributed by atoms with Crippen LogP contribution in [0.4, 0.5) is 5.69 Å². The van der Waals surface area contributed by atoms with Crippen molar-refractivity contribution in [3.05, 3.63) is 90.4 Å². The first-order valence-electron chi connectivity index (χ1n) is 8.64. The molecule has 0 aliphatic rings. The van der Waals surface area contributed by atoms with E-state index in [1.807, 2.05) is 54.6 Å². The Bertz CT molecular complexity index is 1100. The number of fused-ring (bicyclic) bond motifs is 1. The molecule has 4 aromatic rings. The molecule has 1 amide bonds. The van der Waals surface area contributed by atoms with E-state index in [-0.39, 0.29) is 0 Å². The summed E-state index contributed by atoms with van der Waals surface area (Å²) in [5.41, 5.74) is 9.48. The fourth-order valence-electron chi connectivity index (χ4n) is 3.17. The summed E-state index contributed by atoms with van der Waals surface area (Å²) in [6.45, 7) is 0.546. The lowest BCUT2D eigenvalue weighted by Crippen LogP contribution is -2.15. The summed E-state index contributed by atoms with van der Waals surface area (Å²) in [6.07, 6.45) is 5.26. The number of nitrogens with zero attached hydrogens (tertiary/aromatic N) is 2. The van der Waals surface area contributed by atoms with Crippen LogP contribution < -0.4 is 11.1 Å². The molecule has 5 heteroatoms. The third kappa shape index (κ3) is 3.35. The Morgan fingerprint density at radius 3 is 2.56 bits per heavy atom. The molecule has 2 aromatic carbocycles. The number of carbonyl (C=O) groups excluding carboxylic acids is 1. The largest absolute Gasteiger partial charge is 0.380 e. The minimum Gasteiger partial charge on any atom is -0.380 e. The molecule has 0 bridgehead atoms. The van der Waals surface area contributed by atoms with Gasteiger partial charge in [0.2, 0.25) is 0 Å². The third-order valence-electron chi connectivity index (χ3n) is 4.48. The first-order chi connectivity index (χ1) is 13.2. The summed E-state index contributed by atoms with van der Waals surface area (Å²) >= 11 is 0. The van der Waals surface area contributed by atoms with Crippen LogP contribution in [0, 0.1) is 0 Å². The van der Waals surface area contributed by atoms with Crippen molar-refractivity contribution in [2.45, 2.75) is 6.54 Å². The molecular formula is C22H18N4O. The summed E-state index contributed by atoms with van der Waals surface area (Å²) in [5, 5.41) is 5.49. The maximum Gasteiger partial charge on any atom is 0.250 e. The number of benzene rings is 2. The molecular weight excluding hydrogens is 336 g/mol. The Kier molecular flexibility index (Phi) is 4.49. The molecule has 4 rings (SSSR count). The van der Waals surface area contributed by atoms with Crippen molar-refractivity contribution < 1.29 is 4.79 Å². The number of nitrogens with one attached hydrogen (secondary N) is 1. The number of para-hydroxylation sites is 1. The van der Waals surface area contributed by atoms with Gasteiger partial charge in [-0.25, -0.2) is 0 Å². The topological polar surface area (TPSA) is 80.9 Å². The highest BCUT2D eigenvalue weighted by Gasteiger charge is 2.16. The highest BCUT2D eigenvalue weighted by atomic mass is 16.1. The molecule has 0 atom stereocenters. The van der Waals surface area contributed by atoms with Gasteiger partial charge in [0.05, 0.1) is 16.9 Å². The molecule has 0 fully saturated rings. The Morgan fingerprint density at radius 1 is 0.926 bits per heavy atom. The number of nitrogens with two attached hydrogens (primary N) is 1. The van der Waals surface area contributed by atoms with E-state index in [1.54, 1.807) is 24.7 Å². The second kappa shape index (κ2) is 7.25. The van der Waals surface area contributed by atoms with Crippen LogP contribution in [0.3, 0.4) is 0 Å². The van der Waals surface area contributed by atoms with Crippen molar-refractivity contribution in [1.82, 2.24) is 9.97 Å². The van der Waals surface area contributed by atoms with E-state index < -0.39 is 5.91 Å². The molecule has 2 aromatic heterocycles. The van der Waals surface area contributed by atoms with Crippen molar-refractivity contribution in [1.29, 1.82) is 0 Å².